The summed E-state index contributed by atoms with van der Waals surface area (Å²) in [6.07, 6.45) is 3.66. The summed E-state index contributed by atoms with van der Waals surface area (Å²) >= 11 is 0. The molecular formula is C10H13NO. The molecule has 0 aliphatic heterocycles. The van der Waals surface area contributed by atoms with Crippen LogP contribution in [0.5, 0.6) is 5.75 Å². The van der Waals surface area contributed by atoms with Crippen molar-refractivity contribution in [3.63, 3.8) is 0 Å². The number of benzene rings is 1. The Morgan fingerprint density at radius 3 is 2.83 bits per heavy atom. The Bertz CT molecular complexity index is 292. The molecule has 0 bridgehead atoms. The highest BCUT2D eigenvalue weighted by atomic mass is 16.3. The fourth-order valence-corrected chi connectivity index (χ4v) is 1.41. The minimum absolute atomic E-state index is 0.216. The topological polar surface area (TPSA) is 46.2 Å². The Balaban J connectivity index is 2.23. The average Bonchev–Trinajstić information content (AvgIpc) is 2.83. The fourth-order valence-electron chi connectivity index (χ4n) is 1.41. The average molecular weight is 163 g/mol. The number of phenols is 1. The van der Waals surface area contributed by atoms with Gasteiger partial charge in [0.05, 0.1) is 5.69 Å². The van der Waals surface area contributed by atoms with E-state index in [2.05, 4.69) is 0 Å². The van der Waals surface area contributed by atoms with Crippen LogP contribution in [0.15, 0.2) is 18.2 Å². The maximum Gasteiger partial charge on any atom is 0.138 e. The van der Waals surface area contributed by atoms with Crippen LogP contribution in [0.2, 0.25) is 0 Å². The summed E-state index contributed by atoms with van der Waals surface area (Å²) in [5, 5.41) is 9.31. The van der Waals surface area contributed by atoms with E-state index in [1.807, 2.05) is 12.1 Å². The predicted molar refractivity (Wildman–Crippen MR) is 48.9 cm³/mol. The number of para-hydroxylation sites is 1. The van der Waals surface area contributed by atoms with Gasteiger partial charge in [-0.25, -0.2) is 0 Å². The second-order valence-corrected chi connectivity index (χ2v) is 3.50. The molecule has 0 aromatic heterocycles. The summed E-state index contributed by atoms with van der Waals surface area (Å²) < 4.78 is 0. The molecule has 1 aromatic carbocycles. The molecule has 64 valence electrons. The highest BCUT2D eigenvalue weighted by Crippen LogP contribution is 2.35. The van der Waals surface area contributed by atoms with Gasteiger partial charge in [0.2, 0.25) is 0 Å². The van der Waals surface area contributed by atoms with Crippen molar-refractivity contribution in [2.45, 2.75) is 19.3 Å². The third-order valence-electron chi connectivity index (χ3n) is 2.38. The van der Waals surface area contributed by atoms with Crippen LogP contribution in [-0.2, 0) is 6.42 Å². The Kier molecular flexibility index (Phi) is 1.68. The number of hydrogen-bond acceptors (Lipinski definition) is 2. The Morgan fingerprint density at radius 2 is 2.17 bits per heavy atom. The molecule has 1 aliphatic carbocycles. The summed E-state index contributed by atoms with van der Waals surface area (Å²) in [4.78, 5) is 0. The van der Waals surface area contributed by atoms with Gasteiger partial charge in [0.15, 0.2) is 0 Å². The first-order chi connectivity index (χ1) is 5.77. The Morgan fingerprint density at radius 1 is 1.42 bits per heavy atom. The Labute approximate surface area is 72.0 Å². The van der Waals surface area contributed by atoms with Gasteiger partial charge < -0.3 is 10.8 Å². The van der Waals surface area contributed by atoms with Gasteiger partial charge in [0.1, 0.15) is 5.75 Å². The van der Waals surface area contributed by atoms with Crippen molar-refractivity contribution in [3.8, 4) is 5.75 Å². The van der Waals surface area contributed by atoms with E-state index < -0.39 is 0 Å². The summed E-state index contributed by atoms with van der Waals surface area (Å²) in [6.45, 7) is 0. The van der Waals surface area contributed by atoms with Crippen LogP contribution in [0, 0.1) is 5.92 Å². The van der Waals surface area contributed by atoms with E-state index in [9.17, 15) is 5.11 Å². The van der Waals surface area contributed by atoms with E-state index in [-0.39, 0.29) is 5.75 Å². The maximum absolute atomic E-state index is 9.31. The van der Waals surface area contributed by atoms with E-state index in [1.54, 1.807) is 6.07 Å². The molecule has 2 heteroatoms. The first kappa shape index (κ1) is 7.47. The Hall–Kier alpha value is -1.18. The first-order valence-electron chi connectivity index (χ1n) is 4.33. The van der Waals surface area contributed by atoms with Gasteiger partial charge >= 0.3 is 0 Å². The van der Waals surface area contributed by atoms with Gasteiger partial charge in [-0.1, -0.05) is 12.1 Å². The van der Waals surface area contributed by atoms with Crippen LogP contribution >= 0.6 is 0 Å². The number of nitrogen functional groups attached to an aromatic ring is 1. The second-order valence-electron chi connectivity index (χ2n) is 3.50. The standard InChI is InChI=1S/C10H13NO/c11-10-8(6-7-4-5-7)2-1-3-9(10)12/h1-3,7,12H,4-6,11H2. The van der Waals surface area contributed by atoms with Gasteiger partial charge in [-0.2, -0.15) is 0 Å². The van der Waals surface area contributed by atoms with E-state index in [4.69, 9.17) is 5.73 Å². The minimum Gasteiger partial charge on any atom is -0.506 e. The summed E-state index contributed by atoms with van der Waals surface area (Å²) in [5.41, 5.74) is 7.36. The van der Waals surface area contributed by atoms with Crippen molar-refractivity contribution in [1.82, 2.24) is 0 Å². The number of phenolic OH excluding ortho intramolecular Hbond substituents is 1. The second kappa shape index (κ2) is 2.70. The van der Waals surface area contributed by atoms with Crippen LogP contribution in [0.25, 0.3) is 0 Å². The summed E-state index contributed by atoms with van der Waals surface area (Å²) in [5.74, 6) is 1.03. The molecule has 1 aromatic rings. The third kappa shape index (κ3) is 1.37. The maximum atomic E-state index is 9.31. The highest BCUT2D eigenvalue weighted by molar-refractivity contribution is 5.57. The molecule has 2 nitrogen and oxygen atoms in total. The van der Waals surface area contributed by atoms with Crippen molar-refractivity contribution >= 4 is 5.69 Å². The molecule has 3 N–H and O–H groups in total. The van der Waals surface area contributed by atoms with E-state index >= 15 is 0 Å². The lowest BCUT2D eigenvalue weighted by atomic mass is 10.1. The molecule has 0 unspecified atom stereocenters. The summed E-state index contributed by atoms with van der Waals surface area (Å²) in [6, 6.07) is 5.47. The molecule has 0 heterocycles. The fraction of sp³-hybridized carbons (Fsp3) is 0.400. The van der Waals surface area contributed by atoms with Gasteiger partial charge in [0, 0.05) is 0 Å². The minimum atomic E-state index is 0.216. The number of hydrogen-bond donors (Lipinski definition) is 2. The molecule has 0 radical (unpaired) electrons. The normalized spacial score (nSPS) is 16.3. The van der Waals surface area contributed by atoms with Crippen molar-refractivity contribution < 1.29 is 5.11 Å². The van der Waals surface area contributed by atoms with Gasteiger partial charge in [-0.05, 0) is 36.8 Å². The van der Waals surface area contributed by atoms with Crippen LogP contribution in [0.4, 0.5) is 5.69 Å². The van der Waals surface area contributed by atoms with E-state index in [1.165, 1.54) is 12.8 Å². The molecule has 2 rings (SSSR count). The van der Waals surface area contributed by atoms with Crippen molar-refractivity contribution in [1.29, 1.82) is 0 Å². The van der Waals surface area contributed by atoms with Crippen molar-refractivity contribution in [2.24, 2.45) is 5.92 Å². The number of nitrogens with two attached hydrogens (primary N) is 1. The van der Waals surface area contributed by atoms with Crippen LogP contribution < -0.4 is 5.73 Å². The monoisotopic (exact) mass is 163 g/mol. The summed E-state index contributed by atoms with van der Waals surface area (Å²) in [7, 11) is 0. The molecule has 0 amide bonds. The van der Waals surface area contributed by atoms with Crippen LogP contribution in [0.3, 0.4) is 0 Å². The third-order valence-corrected chi connectivity index (χ3v) is 2.38. The van der Waals surface area contributed by atoms with Crippen molar-refractivity contribution in [3.05, 3.63) is 23.8 Å². The lowest BCUT2D eigenvalue weighted by Crippen LogP contribution is -1.95. The molecule has 1 fully saturated rings. The van der Waals surface area contributed by atoms with Crippen LogP contribution in [0.1, 0.15) is 18.4 Å². The molecule has 0 spiro atoms. The highest BCUT2D eigenvalue weighted by Gasteiger charge is 2.22. The van der Waals surface area contributed by atoms with Gasteiger partial charge in [-0.15, -0.1) is 0 Å². The number of aromatic hydroxyl groups is 1. The molecule has 12 heavy (non-hydrogen) atoms. The number of anilines is 1. The zero-order chi connectivity index (χ0) is 8.55. The zero-order valence-electron chi connectivity index (χ0n) is 6.96. The molecule has 0 atom stereocenters. The molecular weight excluding hydrogens is 150 g/mol. The lowest BCUT2D eigenvalue weighted by molar-refractivity contribution is 0.477. The SMILES string of the molecule is Nc1c(O)cccc1CC1CC1. The molecule has 1 aliphatic rings. The van der Waals surface area contributed by atoms with E-state index in [0.717, 1.165) is 17.9 Å². The molecule has 0 saturated heterocycles. The van der Waals surface area contributed by atoms with Gasteiger partial charge in [-0.3, -0.25) is 0 Å². The smallest absolute Gasteiger partial charge is 0.138 e. The zero-order valence-corrected chi connectivity index (χ0v) is 6.96. The largest absolute Gasteiger partial charge is 0.506 e. The van der Waals surface area contributed by atoms with Gasteiger partial charge in [0.25, 0.3) is 0 Å². The number of rotatable bonds is 2. The first-order valence-corrected chi connectivity index (χ1v) is 4.33. The van der Waals surface area contributed by atoms with E-state index in [0.29, 0.717) is 5.69 Å². The quantitative estimate of drug-likeness (QED) is 0.517. The molecule has 1 saturated carbocycles. The van der Waals surface area contributed by atoms with Crippen LogP contribution in [-0.4, -0.2) is 5.11 Å². The van der Waals surface area contributed by atoms with Crippen molar-refractivity contribution in [2.75, 3.05) is 5.73 Å². The lowest BCUT2D eigenvalue weighted by Gasteiger charge is -2.05. The predicted octanol–water partition coefficient (Wildman–Crippen LogP) is 1.93.